The van der Waals surface area contributed by atoms with Crippen LogP contribution in [0.2, 0.25) is 0 Å². The number of hydrogen-bond acceptors (Lipinski definition) is 3. The van der Waals surface area contributed by atoms with Gasteiger partial charge in [-0.2, -0.15) is 0 Å². The number of phenolic OH excluding ortho intramolecular Hbond substituents is 1. The number of fused-ring (bicyclic) bond motifs is 3. The van der Waals surface area contributed by atoms with E-state index in [1.807, 2.05) is 37.3 Å². The number of ether oxygens (including phenoxy) is 1. The van der Waals surface area contributed by atoms with Gasteiger partial charge in [-0.1, -0.05) is 60.7 Å². The van der Waals surface area contributed by atoms with Crippen LogP contribution in [0.5, 0.6) is 5.75 Å². The highest BCUT2D eigenvalue weighted by Crippen LogP contribution is 2.44. The Balaban J connectivity index is 1.43. The third-order valence-electron chi connectivity index (χ3n) is 5.18. The third-order valence-corrected chi connectivity index (χ3v) is 5.18. The van der Waals surface area contributed by atoms with Gasteiger partial charge >= 0.3 is 6.09 Å². The van der Waals surface area contributed by atoms with Crippen molar-refractivity contribution in [3.05, 3.63) is 89.0 Å². The van der Waals surface area contributed by atoms with Crippen molar-refractivity contribution in [2.24, 2.45) is 0 Å². The SMILES string of the molecule is Cc1c(O)cccc1CNC(=O)OCC1c2ccccc2-c2ccccc21. The molecule has 0 fully saturated rings. The van der Waals surface area contributed by atoms with Crippen molar-refractivity contribution < 1.29 is 14.6 Å². The van der Waals surface area contributed by atoms with Crippen LogP contribution >= 0.6 is 0 Å². The molecule has 0 aromatic heterocycles. The van der Waals surface area contributed by atoms with Crippen molar-refractivity contribution in [3.63, 3.8) is 0 Å². The number of nitrogens with one attached hydrogen (secondary N) is 1. The highest BCUT2D eigenvalue weighted by Gasteiger charge is 2.28. The van der Waals surface area contributed by atoms with Crippen molar-refractivity contribution in [1.82, 2.24) is 5.32 Å². The number of benzene rings is 3. The zero-order valence-corrected chi connectivity index (χ0v) is 15.1. The second kappa shape index (κ2) is 7.16. The molecule has 1 amide bonds. The van der Waals surface area contributed by atoms with Crippen LogP contribution in [0.25, 0.3) is 11.1 Å². The van der Waals surface area contributed by atoms with Gasteiger partial charge in [-0.15, -0.1) is 0 Å². The van der Waals surface area contributed by atoms with E-state index in [2.05, 4.69) is 29.6 Å². The number of carbonyl (C=O) groups is 1. The van der Waals surface area contributed by atoms with E-state index in [-0.39, 0.29) is 11.7 Å². The Hall–Kier alpha value is -3.27. The number of alkyl carbamates (subject to hydrolysis) is 1. The quantitative estimate of drug-likeness (QED) is 0.707. The lowest BCUT2D eigenvalue weighted by Gasteiger charge is -2.15. The van der Waals surface area contributed by atoms with Gasteiger partial charge < -0.3 is 15.2 Å². The number of hydrogen-bond donors (Lipinski definition) is 2. The summed E-state index contributed by atoms with van der Waals surface area (Å²) in [5.41, 5.74) is 6.42. The molecule has 0 saturated carbocycles. The maximum Gasteiger partial charge on any atom is 0.407 e. The van der Waals surface area contributed by atoms with Crippen molar-refractivity contribution in [1.29, 1.82) is 0 Å². The molecular formula is C23H21NO3. The average molecular weight is 359 g/mol. The molecule has 1 aliphatic carbocycles. The van der Waals surface area contributed by atoms with Crippen molar-refractivity contribution in [3.8, 4) is 16.9 Å². The molecule has 0 aliphatic heterocycles. The van der Waals surface area contributed by atoms with Gasteiger partial charge in [-0.25, -0.2) is 4.79 Å². The first-order valence-electron chi connectivity index (χ1n) is 9.01. The maximum atomic E-state index is 12.2. The lowest BCUT2D eigenvalue weighted by molar-refractivity contribution is 0.142. The molecule has 4 rings (SSSR count). The smallest absolute Gasteiger partial charge is 0.407 e. The lowest BCUT2D eigenvalue weighted by Crippen LogP contribution is -2.26. The van der Waals surface area contributed by atoms with E-state index in [1.165, 1.54) is 22.3 Å². The number of rotatable bonds is 4. The molecule has 4 heteroatoms. The molecule has 0 bridgehead atoms. The fraction of sp³-hybridized carbons (Fsp3) is 0.174. The summed E-state index contributed by atoms with van der Waals surface area (Å²) in [6.07, 6.45) is -0.459. The van der Waals surface area contributed by atoms with Gasteiger partial charge in [0.25, 0.3) is 0 Å². The first-order valence-corrected chi connectivity index (χ1v) is 9.01. The van der Waals surface area contributed by atoms with Crippen molar-refractivity contribution >= 4 is 6.09 Å². The van der Waals surface area contributed by atoms with Crippen LogP contribution in [0.3, 0.4) is 0 Å². The van der Waals surface area contributed by atoms with E-state index in [9.17, 15) is 9.90 Å². The highest BCUT2D eigenvalue weighted by molar-refractivity contribution is 5.79. The highest BCUT2D eigenvalue weighted by atomic mass is 16.5. The van der Waals surface area contributed by atoms with Gasteiger partial charge in [0.15, 0.2) is 0 Å². The predicted octanol–water partition coefficient (Wildman–Crippen LogP) is 4.74. The maximum absolute atomic E-state index is 12.2. The Labute approximate surface area is 158 Å². The summed E-state index contributed by atoms with van der Waals surface area (Å²) < 4.78 is 5.52. The summed E-state index contributed by atoms with van der Waals surface area (Å²) in [7, 11) is 0. The molecule has 0 saturated heterocycles. The molecule has 0 atom stereocenters. The van der Waals surface area contributed by atoms with E-state index >= 15 is 0 Å². The lowest BCUT2D eigenvalue weighted by atomic mass is 9.98. The van der Waals surface area contributed by atoms with Gasteiger partial charge in [0.1, 0.15) is 12.4 Å². The van der Waals surface area contributed by atoms with Crippen LogP contribution < -0.4 is 5.32 Å². The van der Waals surface area contributed by atoms with Crippen LogP contribution in [0.1, 0.15) is 28.2 Å². The van der Waals surface area contributed by atoms with E-state index in [0.717, 1.165) is 11.1 Å². The van der Waals surface area contributed by atoms with Gasteiger partial charge in [-0.3, -0.25) is 0 Å². The van der Waals surface area contributed by atoms with E-state index < -0.39 is 6.09 Å². The normalized spacial score (nSPS) is 12.3. The minimum absolute atomic E-state index is 0.0469. The monoisotopic (exact) mass is 359 g/mol. The third kappa shape index (κ3) is 3.26. The van der Waals surface area contributed by atoms with Crippen molar-refractivity contribution in [2.75, 3.05) is 6.61 Å². The van der Waals surface area contributed by atoms with Crippen LogP contribution in [0, 0.1) is 6.92 Å². The number of aromatic hydroxyl groups is 1. The van der Waals surface area contributed by atoms with E-state index in [4.69, 9.17) is 4.74 Å². The molecule has 0 heterocycles. The summed E-state index contributed by atoms with van der Waals surface area (Å²) in [6.45, 7) is 2.43. The Morgan fingerprint density at radius 2 is 1.59 bits per heavy atom. The molecule has 3 aromatic carbocycles. The minimum atomic E-state index is -0.459. The molecular weight excluding hydrogens is 338 g/mol. The summed E-state index contributed by atoms with van der Waals surface area (Å²) in [4.78, 5) is 12.2. The Kier molecular flexibility index (Phi) is 4.55. The van der Waals surface area contributed by atoms with Gasteiger partial charge in [0, 0.05) is 12.5 Å². The standard InChI is InChI=1S/C23H21NO3/c1-15-16(7-6-12-22(15)25)13-24-23(26)27-14-21-19-10-4-2-8-17(19)18-9-3-5-11-20(18)21/h2-12,21,25H,13-14H2,1H3,(H,24,26). The van der Waals surface area contributed by atoms with Crippen LogP contribution in [-0.2, 0) is 11.3 Å². The number of amides is 1. The molecule has 0 radical (unpaired) electrons. The molecule has 136 valence electrons. The first kappa shape index (κ1) is 17.2. The second-order valence-electron chi connectivity index (χ2n) is 6.74. The predicted molar refractivity (Wildman–Crippen MR) is 105 cm³/mol. The summed E-state index contributed by atoms with van der Waals surface area (Å²) in [5.74, 6) is 0.271. The zero-order chi connectivity index (χ0) is 18.8. The molecule has 4 nitrogen and oxygen atoms in total. The molecule has 0 spiro atoms. The summed E-state index contributed by atoms with van der Waals surface area (Å²) in [5, 5.41) is 12.5. The minimum Gasteiger partial charge on any atom is -0.508 e. The fourth-order valence-electron chi connectivity index (χ4n) is 3.68. The van der Waals surface area contributed by atoms with Gasteiger partial charge in [0.05, 0.1) is 0 Å². The second-order valence-corrected chi connectivity index (χ2v) is 6.74. The number of phenols is 1. The van der Waals surface area contributed by atoms with Crippen LogP contribution in [0.4, 0.5) is 4.79 Å². The van der Waals surface area contributed by atoms with Gasteiger partial charge in [0.2, 0.25) is 0 Å². The van der Waals surface area contributed by atoms with E-state index in [0.29, 0.717) is 13.2 Å². The molecule has 3 aromatic rings. The van der Waals surface area contributed by atoms with E-state index in [1.54, 1.807) is 12.1 Å². The largest absolute Gasteiger partial charge is 0.508 e. The zero-order valence-electron chi connectivity index (χ0n) is 15.1. The summed E-state index contributed by atoms with van der Waals surface area (Å²) >= 11 is 0. The first-order chi connectivity index (χ1) is 13.1. The van der Waals surface area contributed by atoms with Crippen LogP contribution in [-0.4, -0.2) is 17.8 Å². The topological polar surface area (TPSA) is 58.6 Å². The Morgan fingerprint density at radius 3 is 2.26 bits per heavy atom. The average Bonchev–Trinajstić information content (AvgIpc) is 3.01. The molecule has 1 aliphatic rings. The Bertz CT molecular complexity index is 951. The molecule has 2 N–H and O–H groups in total. The fourth-order valence-corrected chi connectivity index (χ4v) is 3.68. The molecule has 0 unspecified atom stereocenters. The van der Waals surface area contributed by atoms with Crippen LogP contribution in [0.15, 0.2) is 66.7 Å². The summed E-state index contributed by atoms with van der Waals surface area (Å²) in [6, 6.07) is 21.8. The Morgan fingerprint density at radius 1 is 0.963 bits per heavy atom. The number of carbonyl (C=O) groups excluding carboxylic acids is 1. The van der Waals surface area contributed by atoms with Crippen molar-refractivity contribution in [2.45, 2.75) is 19.4 Å². The molecule has 27 heavy (non-hydrogen) atoms. The van der Waals surface area contributed by atoms with Gasteiger partial charge in [-0.05, 0) is 46.4 Å².